The smallest absolute Gasteiger partial charge is 0.336 e. The molecule has 3 aromatic rings. The van der Waals surface area contributed by atoms with Gasteiger partial charge in [0.15, 0.2) is 9.84 Å². The van der Waals surface area contributed by atoms with Crippen LogP contribution in [0.4, 0.5) is 4.39 Å². The van der Waals surface area contributed by atoms with Crippen molar-refractivity contribution in [3.8, 4) is 11.1 Å². The number of hydrogen-bond acceptors (Lipinski definition) is 4. The van der Waals surface area contributed by atoms with Gasteiger partial charge in [0.2, 0.25) is 0 Å². The first kappa shape index (κ1) is 16.9. The molecule has 0 spiro atoms. The molecule has 0 aliphatic rings. The number of carboxylic acids is 1. The predicted octanol–water partition coefficient (Wildman–Crippen LogP) is 3.76. The summed E-state index contributed by atoms with van der Waals surface area (Å²) in [5.41, 5.74) is -0.193. The Morgan fingerprint density at radius 1 is 1.08 bits per heavy atom. The normalized spacial score (nSPS) is 11.4. The molecule has 1 heterocycles. The molecule has 0 aliphatic carbocycles. The Labute approximate surface area is 143 Å². The van der Waals surface area contributed by atoms with Crippen LogP contribution in [0.5, 0.6) is 0 Å². The van der Waals surface area contributed by atoms with Gasteiger partial charge in [0.1, 0.15) is 5.82 Å². The second-order valence-electron chi connectivity index (χ2n) is 5.34. The summed E-state index contributed by atoms with van der Waals surface area (Å²) in [5.74, 6) is -2.69. The Morgan fingerprint density at radius 3 is 2.40 bits per heavy atom. The van der Waals surface area contributed by atoms with Gasteiger partial charge in [0.25, 0.3) is 0 Å². The van der Waals surface area contributed by atoms with Crippen LogP contribution < -0.4 is 0 Å². The Balaban J connectivity index is 2.21. The molecule has 1 N–H and O–H groups in total. The minimum absolute atomic E-state index is 0.0359. The van der Waals surface area contributed by atoms with Gasteiger partial charge in [-0.25, -0.2) is 17.6 Å². The summed E-state index contributed by atoms with van der Waals surface area (Å²) in [6, 6.07) is 11.1. The van der Waals surface area contributed by atoms with Crippen molar-refractivity contribution in [3.05, 3.63) is 78.0 Å². The van der Waals surface area contributed by atoms with Crippen LogP contribution in [-0.2, 0) is 15.6 Å². The summed E-state index contributed by atoms with van der Waals surface area (Å²) in [6.45, 7) is 0. The highest BCUT2D eigenvalue weighted by molar-refractivity contribution is 7.90. The maximum absolute atomic E-state index is 14.4. The monoisotopic (exact) mass is 360 g/mol. The first-order chi connectivity index (χ1) is 11.9. The first-order valence-electron chi connectivity index (χ1n) is 7.25. The lowest BCUT2D eigenvalue weighted by molar-refractivity contribution is 0.0696. The summed E-state index contributed by atoms with van der Waals surface area (Å²) in [6.07, 6.45) is 2.54. The molecule has 0 unspecified atom stereocenters. The second kappa shape index (κ2) is 6.52. The first-order valence-corrected chi connectivity index (χ1v) is 8.90. The number of carboxylic acid groups (broad SMARTS) is 1. The van der Waals surface area contributed by atoms with Crippen LogP contribution in [0.2, 0.25) is 0 Å². The van der Waals surface area contributed by atoms with E-state index in [0.717, 1.165) is 12.1 Å². The van der Waals surface area contributed by atoms with Crippen molar-refractivity contribution in [3.63, 3.8) is 0 Å². The summed E-state index contributed by atoms with van der Waals surface area (Å²) >= 11 is 0. The summed E-state index contributed by atoms with van der Waals surface area (Å²) in [5, 5.41) is 9.41. The number of aromatic carboxylic acids is 1. The van der Waals surface area contributed by atoms with E-state index in [1.165, 1.54) is 30.7 Å². The minimum atomic E-state index is -3.86. The fourth-order valence-corrected chi connectivity index (χ4v) is 4.01. The number of halogens is 1. The highest BCUT2D eigenvalue weighted by Crippen LogP contribution is 2.32. The van der Waals surface area contributed by atoms with Gasteiger partial charge in [0.05, 0.1) is 28.7 Å². The Hall–Kier alpha value is -2.93. The van der Waals surface area contributed by atoms with Crippen molar-refractivity contribution in [2.45, 2.75) is 10.6 Å². The molecule has 0 saturated carbocycles. The lowest BCUT2D eigenvalue weighted by atomic mass is 9.97. The third-order valence-corrected chi connectivity index (χ3v) is 5.40. The molecule has 0 amide bonds. The SMILES string of the molecule is O=C(O)c1ccc(F)c(-c2ccoc2)c1CS(=O)(=O)c1ccccc1. The van der Waals surface area contributed by atoms with E-state index in [4.69, 9.17) is 4.42 Å². The molecule has 5 nitrogen and oxygen atoms in total. The van der Waals surface area contributed by atoms with Gasteiger partial charge in [0, 0.05) is 11.1 Å². The Bertz CT molecular complexity index is 1010. The van der Waals surface area contributed by atoms with Crippen LogP contribution in [0.25, 0.3) is 11.1 Å². The third-order valence-electron chi connectivity index (χ3n) is 3.74. The molecule has 0 bridgehead atoms. The molecule has 7 heteroatoms. The zero-order valence-electron chi connectivity index (χ0n) is 12.8. The molecule has 0 radical (unpaired) electrons. The number of benzene rings is 2. The van der Waals surface area contributed by atoms with Gasteiger partial charge < -0.3 is 9.52 Å². The molecular weight excluding hydrogens is 347 g/mol. The van der Waals surface area contributed by atoms with Crippen molar-refractivity contribution in [2.75, 3.05) is 0 Å². The van der Waals surface area contributed by atoms with Gasteiger partial charge in [-0.1, -0.05) is 18.2 Å². The standard InChI is InChI=1S/C18H13FO5S/c19-16-7-6-14(18(20)21)15(17(16)12-8-9-24-10-12)11-25(22,23)13-4-2-1-3-5-13/h1-10H,11H2,(H,20,21). The van der Waals surface area contributed by atoms with Crippen LogP contribution in [0, 0.1) is 5.82 Å². The molecular formula is C18H13FO5S. The topological polar surface area (TPSA) is 84.6 Å². The van der Waals surface area contributed by atoms with Crippen LogP contribution in [0.3, 0.4) is 0 Å². The number of carbonyl (C=O) groups is 1. The fraction of sp³-hybridized carbons (Fsp3) is 0.0556. The molecule has 0 fully saturated rings. The zero-order valence-corrected chi connectivity index (χ0v) is 13.7. The van der Waals surface area contributed by atoms with Crippen LogP contribution in [-0.4, -0.2) is 19.5 Å². The largest absolute Gasteiger partial charge is 0.478 e. The molecule has 0 saturated heterocycles. The van der Waals surface area contributed by atoms with E-state index in [2.05, 4.69) is 0 Å². The minimum Gasteiger partial charge on any atom is -0.478 e. The Morgan fingerprint density at radius 2 is 1.80 bits per heavy atom. The number of furan rings is 1. The average molecular weight is 360 g/mol. The summed E-state index contributed by atoms with van der Waals surface area (Å²) in [7, 11) is -3.86. The third kappa shape index (κ3) is 3.32. The van der Waals surface area contributed by atoms with E-state index in [9.17, 15) is 22.7 Å². The second-order valence-corrected chi connectivity index (χ2v) is 7.33. The summed E-state index contributed by atoms with van der Waals surface area (Å²) in [4.78, 5) is 11.6. The van der Waals surface area contributed by atoms with E-state index in [0.29, 0.717) is 0 Å². The molecule has 2 aromatic carbocycles. The van der Waals surface area contributed by atoms with E-state index < -0.39 is 27.4 Å². The maximum Gasteiger partial charge on any atom is 0.336 e. The Kier molecular flexibility index (Phi) is 4.41. The highest BCUT2D eigenvalue weighted by Gasteiger charge is 2.25. The van der Waals surface area contributed by atoms with E-state index >= 15 is 0 Å². The quantitative estimate of drug-likeness (QED) is 0.749. The van der Waals surface area contributed by atoms with Crippen molar-refractivity contribution in [2.24, 2.45) is 0 Å². The van der Waals surface area contributed by atoms with Crippen molar-refractivity contribution in [1.82, 2.24) is 0 Å². The van der Waals surface area contributed by atoms with Crippen LogP contribution in [0.15, 0.2) is 70.4 Å². The summed E-state index contributed by atoms with van der Waals surface area (Å²) < 4.78 is 44.7. The molecule has 3 rings (SSSR count). The van der Waals surface area contributed by atoms with Crippen LogP contribution >= 0.6 is 0 Å². The zero-order chi connectivity index (χ0) is 18.0. The lowest BCUT2D eigenvalue weighted by Crippen LogP contribution is -2.12. The molecule has 0 aliphatic heterocycles. The van der Waals surface area contributed by atoms with Crippen molar-refractivity contribution < 1.29 is 27.1 Å². The van der Waals surface area contributed by atoms with Crippen molar-refractivity contribution >= 4 is 15.8 Å². The van der Waals surface area contributed by atoms with Gasteiger partial charge >= 0.3 is 5.97 Å². The maximum atomic E-state index is 14.4. The fourth-order valence-electron chi connectivity index (χ4n) is 2.59. The van der Waals surface area contributed by atoms with Gasteiger partial charge in [-0.3, -0.25) is 0 Å². The highest BCUT2D eigenvalue weighted by atomic mass is 32.2. The molecule has 25 heavy (non-hydrogen) atoms. The molecule has 128 valence electrons. The van der Waals surface area contributed by atoms with E-state index in [1.54, 1.807) is 18.2 Å². The van der Waals surface area contributed by atoms with Gasteiger partial charge in [-0.05, 0) is 35.9 Å². The lowest BCUT2D eigenvalue weighted by Gasteiger charge is -2.13. The van der Waals surface area contributed by atoms with Gasteiger partial charge in [-0.2, -0.15) is 0 Å². The predicted molar refractivity (Wildman–Crippen MR) is 88.4 cm³/mol. The number of rotatable bonds is 5. The van der Waals surface area contributed by atoms with E-state index in [1.807, 2.05) is 0 Å². The van der Waals surface area contributed by atoms with Crippen LogP contribution in [0.1, 0.15) is 15.9 Å². The molecule has 0 atom stereocenters. The van der Waals surface area contributed by atoms with E-state index in [-0.39, 0.29) is 27.1 Å². The molecule has 1 aromatic heterocycles. The number of hydrogen-bond donors (Lipinski definition) is 1. The van der Waals surface area contributed by atoms with Crippen molar-refractivity contribution in [1.29, 1.82) is 0 Å². The van der Waals surface area contributed by atoms with Gasteiger partial charge in [-0.15, -0.1) is 0 Å². The average Bonchev–Trinajstić information content (AvgIpc) is 3.09. The number of sulfone groups is 1.